The number of ether oxygens (including phenoxy) is 1. The van der Waals surface area contributed by atoms with Crippen LogP contribution in [0.5, 0.6) is 5.75 Å². The fraction of sp³-hybridized carbons (Fsp3) is 0.531. The Balaban J connectivity index is 1.29. The summed E-state index contributed by atoms with van der Waals surface area (Å²) in [6.07, 6.45) is 2.46. The molecule has 7 rings (SSSR count). The second-order valence-corrected chi connectivity index (χ2v) is 13.7. The van der Waals surface area contributed by atoms with E-state index in [1.807, 2.05) is 18.2 Å². The smallest absolute Gasteiger partial charge is 0.261 e. The van der Waals surface area contributed by atoms with Gasteiger partial charge in [0.25, 0.3) is 5.56 Å². The van der Waals surface area contributed by atoms with Crippen LogP contribution in [-0.2, 0) is 13.7 Å². The number of aliphatic imine (C=N–C) groups is 1. The predicted molar refractivity (Wildman–Crippen MR) is 171 cm³/mol. The van der Waals surface area contributed by atoms with E-state index in [0.717, 1.165) is 49.5 Å². The Kier molecular flexibility index (Phi) is 7.92. The third kappa shape index (κ3) is 5.49. The standard InChI is InChI=1S/C32H40Cl2N6O2/c1-18-16-40(11-10-35-18)31(38-26-13-20-12-24(19(26)2)32(20,3)4)36-22-7-8-23-27(15-22)37-29(39(5)30(23)41)17-42-28-9-6-21(33)14-25(28)34/h6-9,14-15,18-20,24,26,35H,10-13,16-17H2,1-5H3,(H,36,38)/t18-,19+,20-,24+,26?/m1/s1. The lowest BCUT2D eigenvalue weighted by atomic mass is 9.45. The maximum atomic E-state index is 13.2. The third-order valence-electron chi connectivity index (χ3n) is 9.95. The van der Waals surface area contributed by atoms with E-state index in [9.17, 15) is 4.79 Å². The summed E-state index contributed by atoms with van der Waals surface area (Å²) in [5.74, 6) is 3.88. The first kappa shape index (κ1) is 29.3. The van der Waals surface area contributed by atoms with E-state index >= 15 is 0 Å². The van der Waals surface area contributed by atoms with Gasteiger partial charge < -0.3 is 20.3 Å². The quantitative estimate of drug-likeness (QED) is 0.274. The predicted octanol–water partition coefficient (Wildman–Crippen LogP) is 5.95. The number of benzene rings is 2. The first-order valence-corrected chi connectivity index (χ1v) is 15.7. The van der Waals surface area contributed by atoms with Crippen molar-refractivity contribution in [1.29, 1.82) is 0 Å². The molecule has 0 amide bonds. The SMILES string of the molecule is C[C@@H]1CN(C(=NC2C[C@H]3C[C@@H]([C@@H]2C)C3(C)C)Nc2ccc3c(=O)n(C)c(COc4ccc(Cl)cc4Cl)nc3c2)CCN1. The lowest BCUT2D eigenvalue weighted by Gasteiger charge is -2.61. The second-order valence-electron chi connectivity index (χ2n) is 12.9. The van der Waals surface area contributed by atoms with Crippen molar-refractivity contribution in [2.75, 3.05) is 25.0 Å². The van der Waals surface area contributed by atoms with Crippen molar-refractivity contribution in [1.82, 2.24) is 19.8 Å². The summed E-state index contributed by atoms with van der Waals surface area (Å²) in [6.45, 7) is 12.2. The number of aromatic nitrogens is 2. The molecule has 1 saturated heterocycles. The normalized spacial score (nSPS) is 27.1. The Labute approximate surface area is 257 Å². The van der Waals surface area contributed by atoms with Crippen LogP contribution in [0.15, 0.2) is 46.2 Å². The van der Waals surface area contributed by atoms with E-state index in [1.54, 1.807) is 25.2 Å². The number of hydrogen-bond acceptors (Lipinski definition) is 5. The van der Waals surface area contributed by atoms with Crippen molar-refractivity contribution in [2.24, 2.45) is 35.2 Å². The van der Waals surface area contributed by atoms with Gasteiger partial charge in [-0.15, -0.1) is 0 Å². The Morgan fingerprint density at radius 2 is 2.00 bits per heavy atom. The average molecular weight is 612 g/mol. The molecule has 5 atom stereocenters. The van der Waals surface area contributed by atoms with Gasteiger partial charge in [0.2, 0.25) is 0 Å². The molecule has 2 bridgehead atoms. The highest BCUT2D eigenvalue weighted by Gasteiger charge is 2.56. The summed E-state index contributed by atoms with van der Waals surface area (Å²) >= 11 is 12.3. The summed E-state index contributed by atoms with van der Waals surface area (Å²) in [4.78, 5) is 25.8. The minimum Gasteiger partial charge on any atom is -0.484 e. The van der Waals surface area contributed by atoms with Gasteiger partial charge in [0, 0.05) is 43.4 Å². The van der Waals surface area contributed by atoms with Gasteiger partial charge in [-0.2, -0.15) is 0 Å². The van der Waals surface area contributed by atoms with Gasteiger partial charge in [-0.25, -0.2) is 9.98 Å². The molecule has 0 spiro atoms. The number of guanidine groups is 1. The number of nitrogens with one attached hydrogen (secondary N) is 2. The zero-order chi connectivity index (χ0) is 29.8. The number of rotatable bonds is 5. The largest absolute Gasteiger partial charge is 0.484 e. The van der Waals surface area contributed by atoms with Gasteiger partial charge in [-0.05, 0) is 79.3 Å². The molecule has 3 aliphatic carbocycles. The highest BCUT2D eigenvalue weighted by molar-refractivity contribution is 6.35. The fourth-order valence-electron chi connectivity index (χ4n) is 7.16. The molecule has 1 unspecified atom stereocenters. The van der Waals surface area contributed by atoms with Crippen LogP contribution in [0.2, 0.25) is 10.0 Å². The summed E-state index contributed by atoms with van der Waals surface area (Å²) < 4.78 is 7.43. The highest BCUT2D eigenvalue weighted by atomic mass is 35.5. The maximum absolute atomic E-state index is 13.2. The Hall–Kier alpha value is -2.81. The molecule has 1 aromatic heterocycles. The Morgan fingerprint density at radius 3 is 2.71 bits per heavy atom. The molecule has 2 heterocycles. The number of anilines is 1. The molecule has 10 heteroatoms. The molecule has 4 aliphatic rings. The van der Waals surface area contributed by atoms with Crippen LogP contribution in [0.25, 0.3) is 10.9 Å². The van der Waals surface area contributed by atoms with Crippen molar-refractivity contribution in [3.05, 3.63) is 62.6 Å². The molecule has 2 aromatic carbocycles. The van der Waals surface area contributed by atoms with Crippen LogP contribution in [0.4, 0.5) is 5.69 Å². The first-order chi connectivity index (χ1) is 20.0. The van der Waals surface area contributed by atoms with Gasteiger partial charge >= 0.3 is 0 Å². The molecule has 1 aliphatic heterocycles. The van der Waals surface area contributed by atoms with Crippen molar-refractivity contribution >= 4 is 45.8 Å². The van der Waals surface area contributed by atoms with E-state index in [1.165, 1.54) is 11.0 Å². The lowest BCUT2D eigenvalue weighted by molar-refractivity contribution is -0.108. The summed E-state index contributed by atoms with van der Waals surface area (Å²) in [5, 5.41) is 8.67. The maximum Gasteiger partial charge on any atom is 0.261 e. The number of halogens is 2. The van der Waals surface area contributed by atoms with Crippen LogP contribution < -0.4 is 20.9 Å². The number of hydrogen-bond donors (Lipinski definition) is 2. The molecule has 4 fully saturated rings. The molecule has 3 aromatic rings. The summed E-state index contributed by atoms with van der Waals surface area (Å²) in [5.41, 5.74) is 1.75. The van der Waals surface area contributed by atoms with Crippen LogP contribution >= 0.6 is 23.2 Å². The monoisotopic (exact) mass is 610 g/mol. The average Bonchev–Trinajstić information content (AvgIpc) is 2.95. The lowest BCUT2D eigenvalue weighted by Crippen LogP contribution is -2.57. The van der Waals surface area contributed by atoms with Crippen molar-refractivity contribution in [3.63, 3.8) is 0 Å². The number of nitrogens with zero attached hydrogens (tertiary/aromatic N) is 4. The molecule has 0 radical (unpaired) electrons. The molecular formula is C32H40Cl2N6O2. The molecular weight excluding hydrogens is 571 g/mol. The first-order valence-electron chi connectivity index (χ1n) is 14.9. The van der Waals surface area contributed by atoms with Crippen molar-refractivity contribution in [2.45, 2.75) is 59.2 Å². The van der Waals surface area contributed by atoms with E-state index in [2.05, 4.69) is 43.2 Å². The number of piperazine rings is 1. The van der Waals surface area contributed by atoms with E-state index in [4.69, 9.17) is 37.9 Å². The molecule has 224 valence electrons. The number of fused-ring (bicyclic) bond motifs is 3. The minimum absolute atomic E-state index is 0.0876. The van der Waals surface area contributed by atoms with E-state index in [0.29, 0.717) is 55.9 Å². The Bertz CT molecular complexity index is 1590. The van der Waals surface area contributed by atoms with Gasteiger partial charge in [0.1, 0.15) is 18.2 Å². The topological polar surface area (TPSA) is 83.8 Å². The van der Waals surface area contributed by atoms with Crippen LogP contribution in [0.1, 0.15) is 46.4 Å². The van der Waals surface area contributed by atoms with Crippen LogP contribution in [0, 0.1) is 23.2 Å². The van der Waals surface area contributed by atoms with Crippen LogP contribution in [-0.4, -0.2) is 52.1 Å². The molecule has 42 heavy (non-hydrogen) atoms. The van der Waals surface area contributed by atoms with Crippen LogP contribution in [0.3, 0.4) is 0 Å². The fourth-order valence-corrected chi connectivity index (χ4v) is 7.62. The zero-order valence-electron chi connectivity index (χ0n) is 25.0. The Morgan fingerprint density at radius 1 is 1.19 bits per heavy atom. The van der Waals surface area contributed by atoms with Gasteiger partial charge in [-0.1, -0.05) is 44.0 Å². The zero-order valence-corrected chi connectivity index (χ0v) is 26.5. The third-order valence-corrected chi connectivity index (χ3v) is 10.5. The van der Waals surface area contributed by atoms with Crippen molar-refractivity contribution in [3.8, 4) is 5.75 Å². The molecule has 2 N–H and O–H groups in total. The summed E-state index contributed by atoms with van der Waals surface area (Å²) in [7, 11) is 1.70. The molecule has 8 nitrogen and oxygen atoms in total. The van der Waals surface area contributed by atoms with Gasteiger partial charge in [0.15, 0.2) is 5.96 Å². The second kappa shape index (κ2) is 11.4. The van der Waals surface area contributed by atoms with Crippen molar-refractivity contribution < 1.29 is 4.74 Å². The van der Waals surface area contributed by atoms with Gasteiger partial charge in [-0.3, -0.25) is 9.36 Å². The van der Waals surface area contributed by atoms with E-state index < -0.39 is 0 Å². The minimum atomic E-state index is -0.130. The van der Waals surface area contributed by atoms with Gasteiger partial charge in [0.05, 0.1) is 22.0 Å². The van der Waals surface area contributed by atoms with E-state index in [-0.39, 0.29) is 12.2 Å². The molecule has 3 saturated carbocycles. The summed E-state index contributed by atoms with van der Waals surface area (Å²) in [6, 6.07) is 11.4. The highest BCUT2D eigenvalue weighted by Crippen LogP contribution is 2.61.